The van der Waals surface area contributed by atoms with Gasteiger partial charge in [-0.2, -0.15) is 5.10 Å². The highest BCUT2D eigenvalue weighted by Crippen LogP contribution is 2.34. The van der Waals surface area contributed by atoms with E-state index in [4.69, 9.17) is 16.3 Å². The first kappa shape index (κ1) is 15.0. The molecule has 0 saturated heterocycles. The monoisotopic (exact) mass is 294 g/mol. The van der Waals surface area contributed by atoms with Crippen molar-refractivity contribution < 1.29 is 9.84 Å². The van der Waals surface area contributed by atoms with Gasteiger partial charge in [0.1, 0.15) is 6.10 Å². The third-order valence-electron chi connectivity index (χ3n) is 3.42. The maximum atomic E-state index is 10.6. The van der Waals surface area contributed by atoms with Gasteiger partial charge in [0.15, 0.2) is 0 Å². The molecule has 20 heavy (non-hydrogen) atoms. The Morgan fingerprint density at radius 3 is 2.70 bits per heavy atom. The maximum absolute atomic E-state index is 10.6. The van der Waals surface area contributed by atoms with Crippen molar-refractivity contribution in [3.63, 3.8) is 0 Å². The molecule has 2 atom stereocenters. The molecular weight excluding hydrogens is 276 g/mol. The quantitative estimate of drug-likeness (QED) is 0.891. The highest BCUT2D eigenvalue weighted by molar-refractivity contribution is 6.31. The molecule has 2 aromatic rings. The van der Waals surface area contributed by atoms with E-state index in [0.29, 0.717) is 23.9 Å². The molecule has 0 saturated carbocycles. The van der Waals surface area contributed by atoms with Crippen molar-refractivity contribution in [2.24, 2.45) is 0 Å². The molecule has 1 aromatic carbocycles. The number of methoxy groups -OCH3 is 1. The van der Waals surface area contributed by atoms with Crippen LogP contribution >= 0.6 is 11.6 Å². The number of ether oxygens (including phenoxy) is 1. The number of aliphatic hydroxyl groups excluding tert-OH is 1. The van der Waals surface area contributed by atoms with E-state index in [0.717, 1.165) is 5.56 Å². The molecule has 0 spiro atoms. The van der Waals surface area contributed by atoms with Gasteiger partial charge in [-0.05, 0) is 5.56 Å². The molecule has 1 N–H and O–H groups in total. The van der Waals surface area contributed by atoms with Crippen molar-refractivity contribution in [1.29, 1.82) is 0 Å². The summed E-state index contributed by atoms with van der Waals surface area (Å²) < 4.78 is 6.75. The van der Waals surface area contributed by atoms with E-state index < -0.39 is 6.10 Å². The first-order valence-corrected chi connectivity index (χ1v) is 6.96. The van der Waals surface area contributed by atoms with Crippen LogP contribution in [0.3, 0.4) is 0 Å². The van der Waals surface area contributed by atoms with Gasteiger partial charge in [-0.3, -0.25) is 4.68 Å². The van der Waals surface area contributed by atoms with Crippen LogP contribution in [0.2, 0.25) is 5.02 Å². The Kier molecular flexibility index (Phi) is 5.17. The van der Waals surface area contributed by atoms with Crippen molar-refractivity contribution in [1.82, 2.24) is 9.78 Å². The van der Waals surface area contributed by atoms with Crippen LogP contribution in [0.4, 0.5) is 0 Å². The van der Waals surface area contributed by atoms with Crippen LogP contribution < -0.4 is 0 Å². The number of rotatable bonds is 6. The second kappa shape index (κ2) is 6.88. The third-order valence-corrected chi connectivity index (χ3v) is 3.71. The molecule has 0 aliphatic heterocycles. The zero-order valence-electron chi connectivity index (χ0n) is 11.7. The van der Waals surface area contributed by atoms with Crippen LogP contribution in [0.25, 0.3) is 0 Å². The summed E-state index contributed by atoms with van der Waals surface area (Å²) in [6.07, 6.45) is 0.859. The van der Waals surface area contributed by atoms with Gasteiger partial charge in [-0.25, -0.2) is 0 Å². The summed E-state index contributed by atoms with van der Waals surface area (Å²) in [5.41, 5.74) is 1.70. The first-order valence-electron chi connectivity index (χ1n) is 6.58. The number of hydrogen-bond acceptors (Lipinski definition) is 3. The van der Waals surface area contributed by atoms with Crippen molar-refractivity contribution in [3.8, 4) is 0 Å². The summed E-state index contributed by atoms with van der Waals surface area (Å²) in [6.45, 7) is 3.07. The minimum Gasteiger partial charge on any atom is -0.386 e. The normalized spacial score (nSPS) is 14.2. The minimum absolute atomic E-state index is 0.0632. The number of hydrogen-bond donors (Lipinski definition) is 1. The largest absolute Gasteiger partial charge is 0.386 e. The molecule has 108 valence electrons. The van der Waals surface area contributed by atoms with E-state index in [-0.39, 0.29) is 5.92 Å². The van der Waals surface area contributed by atoms with Gasteiger partial charge in [0.2, 0.25) is 0 Å². The fourth-order valence-electron chi connectivity index (χ4n) is 2.20. The standard InChI is InChI=1S/C15H19ClN2O2/c1-11(12-6-4-3-5-7-12)15(19)14-13(16)10-17-18(14)8-9-20-2/h3-7,10-11,15,19H,8-9H2,1-2H3. The van der Waals surface area contributed by atoms with E-state index in [1.807, 2.05) is 37.3 Å². The highest BCUT2D eigenvalue weighted by Gasteiger charge is 2.24. The molecule has 2 unspecified atom stereocenters. The predicted octanol–water partition coefficient (Wildman–Crippen LogP) is 3.02. The number of aromatic nitrogens is 2. The maximum Gasteiger partial charge on any atom is 0.104 e. The summed E-state index contributed by atoms with van der Waals surface area (Å²) in [7, 11) is 1.63. The average molecular weight is 295 g/mol. The van der Waals surface area contributed by atoms with Gasteiger partial charge in [0.05, 0.1) is 30.1 Å². The fraction of sp³-hybridized carbons (Fsp3) is 0.400. The predicted molar refractivity (Wildman–Crippen MR) is 78.9 cm³/mol. The summed E-state index contributed by atoms with van der Waals surface area (Å²) in [6, 6.07) is 9.87. The molecule has 1 aromatic heterocycles. The van der Waals surface area contributed by atoms with Gasteiger partial charge in [-0.1, -0.05) is 48.9 Å². The zero-order valence-corrected chi connectivity index (χ0v) is 12.4. The van der Waals surface area contributed by atoms with E-state index in [1.165, 1.54) is 0 Å². The lowest BCUT2D eigenvalue weighted by Crippen LogP contribution is -2.16. The number of nitrogens with zero attached hydrogens (tertiary/aromatic N) is 2. The summed E-state index contributed by atoms with van der Waals surface area (Å²) >= 11 is 6.17. The van der Waals surface area contributed by atoms with Crippen LogP contribution in [0, 0.1) is 0 Å². The Morgan fingerprint density at radius 2 is 2.05 bits per heavy atom. The number of benzene rings is 1. The van der Waals surface area contributed by atoms with E-state index in [1.54, 1.807) is 18.0 Å². The van der Waals surface area contributed by atoms with Gasteiger partial charge in [0.25, 0.3) is 0 Å². The van der Waals surface area contributed by atoms with E-state index in [2.05, 4.69) is 5.10 Å². The lowest BCUT2D eigenvalue weighted by Gasteiger charge is -2.21. The molecule has 0 aliphatic carbocycles. The molecule has 0 aliphatic rings. The topological polar surface area (TPSA) is 47.3 Å². The van der Waals surface area contributed by atoms with E-state index in [9.17, 15) is 5.11 Å². The van der Waals surface area contributed by atoms with Crippen molar-refractivity contribution >= 4 is 11.6 Å². The van der Waals surface area contributed by atoms with Gasteiger partial charge >= 0.3 is 0 Å². The Hall–Kier alpha value is -1.36. The summed E-state index contributed by atoms with van der Waals surface area (Å²) in [5.74, 6) is -0.0632. The number of halogens is 1. The Morgan fingerprint density at radius 1 is 1.35 bits per heavy atom. The fourth-order valence-corrected chi connectivity index (χ4v) is 2.45. The molecule has 5 heteroatoms. The first-order chi connectivity index (χ1) is 9.65. The van der Waals surface area contributed by atoms with Crippen LogP contribution in [-0.2, 0) is 11.3 Å². The molecule has 0 radical (unpaired) electrons. The molecule has 2 rings (SSSR count). The highest BCUT2D eigenvalue weighted by atomic mass is 35.5. The van der Waals surface area contributed by atoms with Crippen LogP contribution in [0.15, 0.2) is 36.5 Å². The van der Waals surface area contributed by atoms with E-state index >= 15 is 0 Å². The molecule has 0 amide bonds. The number of aliphatic hydroxyl groups is 1. The average Bonchev–Trinajstić information content (AvgIpc) is 2.85. The van der Waals surface area contributed by atoms with Crippen LogP contribution in [0.5, 0.6) is 0 Å². The SMILES string of the molecule is COCCn1ncc(Cl)c1C(O)C(C)c1ccccc1. The zero-order chi connectivity index (χ0) is 14.5. The lowest BCUT2D eigenvalue weighted by atomic mass is 9.93. The second-order valence-electron chi connectivity index (χ2n) is 4.74. The van der Waals surface area contributed by atoms with Crippen molar-refractivity contribution in [2.45, 2.75) is 25.5 Å². The molecule has 4 nitrogen and oxygen atoms in total. The molecule has 1 heterocycles. The smallest absolute Gasteiger partial charge is 0.104 e. The Labute approximate surface area is 123 Å². The van der Waals surface area contributed by atoms with Crippen molar-refractivity contribution in [2.75, 3.05) is 13.7 Å². The van der Waals surface area contributed by atoms with Crippen LogP contribution in [0.1, 0.15) is 30.2 Å². The van der Waals surface area contributed by atoms with Gasteiger partial charge < -0.3 is 9.84 Å². The lowest BCUT2D eigenvalue weighted by molar-refractivity contribution is 0.133. The minimum atomic E-state index is -0.704. The molecule has 0 fully saturated rings. The Bertz CT molecular complexity index is 542. The van der Waals surface area contributed by atoms with Crippen LogP contribution in [-0.4, -0.2) is 28.6 Å². The molecule has 0 bridgehead atoms. The Balaban J connectivity index is 2.24. The molecular formula is C15H19ClN2O2. The second-order valence-corrected chi connectivity index (χ2v) is 5.15. The summed E-state index contributed by atoms with van der Waals surface area (Å²) in [4.78, 5) is 0. The third kappa shape index (κ3) is 3.20. The van der Waals surface area contributed by atoms with Gasteiger partial charge in [0, 0.05) is 13.0 Å². The van der Waals surface area contributed by atoms with Gasteiger partial charge in [-0.15, -0.1) is 0 Å². The summed E-state index contributed by atoms with van der Waals surface area (Å²) in [5, 5.41) is 15.3. The van der Waals surface area contributed by atoms with Crippen molar-refractivity contribution in [3.05, 3.63) is 52.8 Å².